The largest absolute Gasteiger partial charge is 0.371 e. The maximum absolute atomic E-state index is 11.5. The van der Waals surface area contributed by atoms with E-state index in [2.05, 4.69) is 15.5 Å². The van der Waals surface area contributed by atoms with Gasteiger partial charge in [0.25, 0.3) is 0 Å². The maximum atomic E-state index is 11.5. The van der Waals surface area contributed by atoms with E-state index in [1.54, 1.807) is 0 Å². The summed E-state index contributed by atoms with van der Waals surface area (Å²) in [4.78, 5) is 24.8. The Morgan fingerprint density at radius 2 is 2.09 bits per heavy atom. The molecule has 1 aliphatic rings. The molecule has 1 aromatic carbocycles. The van der Waals surface area contributed by atoms with Crippen LogP contribution >= 0.6 is 11.6 Å². The van der Waals surface area contributed by atoms with E-state index in [1.807, 2.05) is 24.3 Å². The summed E-state index contributed by atoms with van der Waals surface area (Å²) in [7, 11) is 1.48. The van der Waals surface area contributed by atoms with E-state index in [0.717, 1.165) is 25.2 Å². The first-order chi connectivity index (χ1) is 11.1. The van der Waals surface area contributed by atoms with E-state index in [0.29, 0.717) is 24.5 Å². The number of carbonyl (C=O) groups is 2. The minimum absolute atomic E-state index is 0.0284. The number of benzene rings is 1. The summed E-state index contributed by atoms with van der Waals surface area (Å²) in [5.41, 5.74) is 1.11. The lowest BCUT2D eigenvalue weighted by Gasteiger charge is -2.33. The van der Waals surface area contributed by atoms with Gasteiger partial charge in [-0.25, -0.2) is 4.79 Å². The van der Waals surface area contributed by atoms with Crippen molar-refractivity contribution in [3.05, 3.63) is 34.9 Å². The Balaban J connectivity index is 1.75. The van der Waals surface area contributed by atoms with Crippen LogP contribution in [0.4, 0.5) is 4.79 Å². The number of carbonyl (C=O) groups excluding carboxylic acids is 2. The van der Waals surface area contributed by atoms with Gasteiger partial charge in [-0.3, -0.25) is 15.0 Å². The van der Waals surface area contributed by atoms with Crippen LogP contribution < -0.4 is 10.6 Å². The first-order valence-electron chi connectivity index (χ1n) is 7.69. The number of nitrogens with zero attached hydrogens (tertiary/aromatic N) is 1. The number of rotatable bonds is 5. The van der Waals surface area contributed by atoms with Crippen LogP contribution in [0, 0.1) is 0 Å². The van der Waals surface area contributed by atoms with Crippen molar-refractivity contribution in [1.29, 1.82) is 0 Å². The standard InChI is InChI=1S/C16H22ClN3O3/c1-18-16(22)19-15(21)3-2-8-20-9-10-23-14(11-20)12-4-6-13(17)7-5-12/h4-7,14H,2-3,8-11H2,1H3,(H2,18,19,21,22)/t14-/m1/s1. The monoisotopic (exact) mass is 339 g/mol. The first kappa shape index (κ1) is 17.7. The summed E-state index contributed by atoms with van der Waals surface area (Å²) in [6, 6.07) is 7.22. The molecule has 1 saturated heterocycles. The molecular formula is C16H22ClN3O3. The molecule has 3 amide bonds. The van der Waals surface area contributed by atoms with Crippen molar-refractivity contribution >= 4 is 23.5 Å². The van der Waals surface area contributed by atoms with Crippen molar-refractivity contribution in [1.82, 2.24) is 15.5 Å². The molecule has 23 heavy (non-hydrogen) atoms. The molecule has 1 atom stereocenters. The Morgan fingerprint density at radius 3 is 2.78 bits per heavy atom. The molecule has 2 N–H and O–H groups in total. The first-order valence-corrected chi connectivity index (χ1v) is 8.07. The van der Waals surface area contributed by atoms with Gasteiger partial charge in [-0.1, -0.05) is 23.7 Å². The molecule has 0 saturated carbocycles. The van der Waals surface area contributed by atoms with Gasteiger partial charge in [-0.05, 0) is 30.7 Å². The van der Waals surface area contributed by atoms with E-state index < -0.39 is 6.03 Å². The average molecular weight is 340 g/mol. The van der Waals surface area contributed by atoms with E-state index in [4.69, 9.17) is 16.3 Å². The van der Waals surface area contributed by atoms with Crippen LogP contribution in [-0.2, 0) is 9.53 Å². The number of hydrogen-bond donors (Lipinski definition) is 2. The molecule has 1 aliphatic heterocycles. The molecule has 0 radical (unpaired) electrons. The Morgan fingerprint density at radius 1 is 1.35 bits per heavy atom. The van der Waals surface area contributed by atoms with Crippen LogP contribution in [0.1, 0.15) is 24.5 Å². The van der Waals surface area contributed by atoms with Crippen molar-refractivity contribution in [3.63, 3.8) is 0 Å². The number of hydrogen-bond acceptors (Lipinski definition) is 4. The number of morpholine rings is 1. The zero-order chi connectivity index (χ0) is 16.7. The van der Waals surface area contributed by atoms with Gasteiger partial charge in [-0.2, -0.15) is 0 Å². The summed E-state index contributed by atoms with van der Waals surface area (Å²) in [6.45, 7) is 3.10. The quantitative estimate of drug-likeness (QED) is 0.860. The second-order valence-electron chi connectivity index (χ2n) is 5.44. The summed E-state index contributed by atoms with van der Waals surface area (Å²) >= 11 is 5.91. The average Bonchev–Trinajstić information content (AvgIpc) is 2.55. The van der Waals surface area contributed by atoms with Crippen molar-refractivity contribution in [3.8, 4) is 0 Å². The Labute approximate surface area is 141 Å². The summed E-state index contributed by atoms with van der Waals surface area (Å²) < 4.78 is 5.81. The highest BCUT2D eigenvalue weighted by atomic mass is 35.5. The third kappa shape index (κ3) is 5.82. The number of halogens is 1. The summed E-state index contributed by atoms with van der Waals surface area (Å²) in [5, 5.41) is 5.33. The van der Waals surface area contributed by atoms with Crippen molar-refractivity contribution in [2.24, 2.45) is 0 Å². The zero-order valence-corrected chi connectivity index (χ0v) is 13.9. The predicted octanol–water partition coefficient (Wildman–Crippen LogP) is 1.95. The van der Waals surface area contributed by atoms with Gasteiger partial charge in [0, 0.05) is 31.6 Å². The predicted molar refractivity (Wildman–Crippen MR) is 88.4 cm³/mol. The molecule has 7 heteroatoms. The van der Waals surface area contributed by atoms with Crippen molar-refractivity contribution in [2.75, 3.05) is 33.3 Å². The number of ether oxygens (including phenoxy) is 1. The SMILES string of the molecule is CNC(=O)NC(=O)CCCN1CCO[C@@H](c2ccc(Cl)cc2)C1. The van der Waals surface area contributed by atoms with Crippen LogP contribution in [0.5, 0.6) is 0 Å². The molecule has 0 aromatic heterocycles. The van der Waals surface area contributed by atoms with Crippen molar-refractivity contribution in [2.45, 2.75) is 18.9 Å². The maximum Gasteiger partial charge on any atom is 0.321 e. The molecule has 2 rings (SSSR count). The molecule has 0 spiro atoms. The van der Waals surface area contributed by atoms with Crippen LogP contribution in [0.3, 0.4) is 0 Å². The van der Waals surface area contributed by atoms with E-state index in [9.17, 15) is 9.59 Å². The lowest BCUT2D eigenvalue weighted by molar-refractivity contribution is -0.120. The molecule has 6 nitrogen and oxygen atoms in total. The molecular weight excluding hydrogens is 318 g/mol. The van der Waals surface area contributed by atoms with Crippen molar-refractivity contribution < 1.29 is 14.3 Å². The Bertz CT molecular complexity index is 536. The fraction of sp³-hybridized carbons (Fsp3) is 0.500. The summed E-state index contributed by atoms with van der Waals surface area (Å²) in [6.07, 6.45) is 1.06. The highest BCUT2D eigenvalue weighted by molar-refractivity contribution is 6.30. The van der Waals surface area contributed by atoms with Gasteiger partial charge >= 0.3 is 6.03 Å². The van der Waals surface area contributed by atoms with Gasteiger partial charge in [0.1, 0.15) is 0 Å². The number of urea groups is 1. The second-order valence-corrected chi connectivity index (χ2v) is 5.88. The van der Waals surface area contributed by atoms with Gasteiger partial charge in [-0.15, -0.1) is 0 Å². The third-order valence-corrected chi connectivity index (χ3v) is 4.00. The topological polar surface area (TPSA) is 70.7 Å². The minimum Gasteiger partial charge on any atom is -0.371 e. The highest BCUT2D eigenvalue weighted by Gasteiger charge is 2.21. The molecule has 126 valence electrons. The van der Waals surface area contributed by atoms with Gasteiger partial charge in [0.2, 0.25) is 5.91 Å². The molecule has 0 aliphatic carbocycles. The number of nitrogens with one attached hydrogen (secondary N) is 2. The smallest absolute Gasteiger partial charge is 0.321 e. The second kappa shape index (κ2) is 8.86. The molecule has 1 fully saturated rings. The van der Waals surface area contributed by atoms with Gasteiger partial charge < -0.3 is 10.1 Å². The lowest BCUT2D eigenvalue weighted by atomic mass is 10.1. The molecule has 1 aromatic rings. The van der Waals surface area contributed by atoms with E-state index in [-0.39, 0.29) is 12.0 Å². The van der Waals surface area contributed by atoms with Crippen LogP contribution in [0.15, 0.2) is 24.3 Å². The van der Waals surface area contributed by atoms with Crippen LogP contribution in [0.25, 0.3) is 0 Å². The normalized spacial score (nSPS) is 18.4. The third-order valence-electron chi connectivity index (χ3n) is 3.75. The van der Waals surface area contributed by atoms with Gasteiger partial charge in [0.15, 0.2) is 0 Å². The Kier molecular flexibility index (Phi) is 6.83. The van der Waals surface area contributed by atoms with Crippen LogP contribution in [0.2, 0.25) is 5.02 Å². The van der Waals surface area contributed by atoms with Crippen LogP contribution in [-0.4, -0.2) is 50.1 Å². The number of amides is 3. The highest BCUT2D eigenvalue weighted by Crippen LogP contribution is 2.23. The van der Waals surface area contributed by atoms with E-state index in [1.165, 1.54) is 7.05 Å². The fourth-order valence-electron chi connectivity index (χ4n) is 2.50. The fourth-order valence-corrected chi connectivity index (χ4v) is 2.63. The molecule has 0 bridgehead atoms. The molecule has 0 unspecified atom stereocenters. The Hall–Kier alpha value is -1.63. The minimum atomic E-state index is -0.468. The van der Waals surface area contributed by atoms with Gasteiger partial charge in [0.05, 0.1) is 12.7 Å². The summed E-state index contributed by atoms with van der Waals surface area (Å²) in [5.74, 6) is -0.258. The number of imide groups is 1. The zero-order valence-electron chi connectivity index (χ0n) is 13.2. The lowest BCUT2D eigenvalue weighted by Crippen LogP contribution is -2.40. The molecule has 1 heterocycles. The van der Waals surface area contributed by atoms with E-state index >= 15 is 0 Å².